The first kappa shape index (κ1) is 16.1. The molecule has 3 aromatic rings. The number of methoxy groups -OCH3 is 1. The highest BCUT2D eigenvalue weighted by Gasteiger charge is 2.06. The predicted molar refractivity (Wildman–Crippen MR) is 89.0 cm³/mol. The average molecular weight is 328 g/mol. The highest BCUT2D eigenvalue weighted by molar-refractivity contribution is 5.82. The number of ether oxygens (including phenoxy) is 2. The van der Waals surface area contributed by atoms with Crippen LogP contribution in [0.4, 0.5) is 4.39 Å². The molecule has 1 aromatic carbocycles. The summed E-state index contributed by atoms with van der Waals surface area (Å²) >= 11 is 0. The molecule has 24 heavy (non-hydrogen) atoms. The van der Waals surface area contributed by atoms with E-state index in [2.05, 4.69) is 9.97 Å². The summed E-state index contributed by atoms with van der Waals surface area (Å²) < 4.78 is 22.7. The molecule has 3 rings (SSSR count). The largest absolute Gasteiger partial charge is 0.491 e. The van der Waals surface area contributed by atoms with Crippen LogP contribution in [0.1, 0.15) is 0 Å². The molecule has 6 heteroatoms. The number of halogens is 1. The minimum atomic E-state index is -1.11. The van der Waals surface area contributed by atoms with Gasteiger partial charge in [-0.15, -0.1) is 0 Å². The summed E-state index contributed by atoms with van der Waals surface area (Å²) in [7, 11) is 1.57. The van der Waals surface area contributed by atoms with Gasteiger partial charge in [-0.2, -0.15) is 0 Å². The Bertz CT molecular complexity index is 824. The standard InChI is InChI=1S/C18H17FN2O3/c1-23-18-7-3-13(10-20-18)17-5-2-12-8-15(4-6-16(12)21-17)24-11-14(22)9-19/h2-8,10,14,22H,9,11H2,1H3. The van der Waals surface area contributed by atoms with Gasteiger partial charge in [-0.05, 0) is 30.3 Å². The molecule has 124 valence electrons. The van der Waals surface area contributed by atoms with Crippen molar-refractivity contribution in [3.05, 3.63) is 48.7 Å². The van der Waals surface area contributed by atoms with Crippen molar-refractivity contribution in [2.75, 3.05) is 20.4 Å². The third-order valence-electron chi connectivity index (χ3n) is 3.52. The lowest BCUT2D eigenvalue weighted by molar-refractivity contribution is 0.0842. The van der Waals surface area contributed by atoms with Crippen LogP contribution in [0.5, 0.6) is 11.6 Å². The molecule has 2 aromatic heterocycles. The van der Waals surface area contributed by atoms with Gasteiger partial charge in [-0.1, -0.05) is 6.07 Å². The predicted octanol–water partition coefficient (Wildman–Crippen LogP) is 3.01. The van der Waals surface area contributed by atoms with Crippen LogP contribution in [-0.2, 0) is 0 Å². The van der Waals surface area contributed by atoms with Crippen molar-refractivity contribution in [3.8, 4) is 22.9 Å². The zero-order chi connectivity index (χ0) is 16.9. The van der Waals surface area contributed by atoms with E-state index in [0.717, 1.165) is 22.2 Å². The molecule has 0 aliphatic heterocycles. The van der Waals surface area contributed by atoms with Crippen molar-refractivity contribution < 1.29 is 19.0 Å². The maximum atomic E-state index is 12.2. The Hall–Kier alpha value is -2.73. The van der Waals surface area contributed by atoms with Gasteiger partial charge in [0.2, 0.25) is 5.88 Å². The zero-order valence-electron chi connectivity index (χ0n) is 13.1. The first-order valence-electron chi connectivity index (χ1n) is 7.47. The van der Waals surface area contributed by atoms with Crippen LogP contribution in [0.3, 0.4) is 0 Å². The van der Waals surface area contributed by atoms with E-state index in [-0.39, 0.29) is 6.61 Å². The first-order chi connectivity index (χ1) is 11.7. The zero-order valence-corrected chi connectivity index (χ0v) is 13.1. The van der Waals surface area contributed by atoms with Crippen LogP contribution >= 0.6 is 0 Å². The van der Waals surface area contributed by atoms with Gasteiger partial charge in [-0.25, -0.2) is 14.4 Å². The van der Waals surface area contributed by atoms with Crippen LogP contribution in [0.15, 0.2) is 48.7 Å². The fourth-order valence-electron chi connectivity index (χ4n) is 2.24. The summed E-state index contributed by atoms with van der Waals surface area (Å²) in [6.45, 7) is -0.903. The molecule has 1 atom stereocenters. The molecule has 0 aliphatic carbocycles. The van der Waals surface area contributed by atoms with Crippen LogP contribution in [0.2, 0.25) is 0 Å². The van der Waals surface area contributed by atoms with Gasteiger partial charge in [0.25, 0.3) is 0 Å². The molecule has 0 saturated heterocycles. The number of nitrogens with zero attached hydrogens (tertiary/aromatic N) is 2. The van der Waals surface area contributed by atoms with Gasteiger partial charge in [0.05, 0.1) is 18.3 Å². The highest BCUT2D eigenvalue weighted by atomic mass is 19.1. The van der Waals surface area contributed by atoms with E-state index in [1.807, 2.05) is 30.3 Å². The topological polar surface area (TPSA) is 64.5 Å². The van der Waals surface area contributed by atoms with Gasteiger partial charge in [0.1, 0.15) is 25.1 Å². The molecule has 0 fully saturated rings. The van der Waals surface area contributed by atoms with Crippen molar-refractivity contribution in [2.45, 2.75) is 6.10 Å². The molecule has 2 heterocycles. The van der Waals surface area contributed by atoms with Crippen molar-refractivity contribution in [2.24, 2.45) is 0 Å². The van der Waals surface area contributed by atoms with E-state index in [9.17, 15) is 9.50 Å². The van der Waals surface area contributed by atoms with Gasteiger partial charge in [0.15, 0.2) is 0 Å². The third-order valence-corrected chi connectivity index (χ3v) is 3.52. The van der Waals surface area contributed by atoms with E-state index in [1.165, 1.54) is 0 Å². The number of aliphatic hydroxyl groups is 1. The number of benzene rings is 1. The third kappa shape index (κ3) is 3.60. The lowest BCUT2D eigenvalue weighted by Gasteiger charge is -2.10. The molecule has 1 N–H and O–H groups in total. The normalized spacial score (nSPS) is 12.1. The number of fused-ring (bicyclic) bond motifs is 1. The Balaban J connectivity index is 1.83. The van der Waals surface area contributed by atoms with Crippen molar-refractivity contribution >= 4 is 10.9 Å². The molecule has 0 spiro atoms. The molecule has 1 unspecified atom stereocenters. The number of rotatable bonds is 6. The Labute approximate surface area is 138 Å². The number of alkyl halides is 1. The number of aliphatic hydroxyl groups excluding tert-OH is 1. The first-order valence-corrected chi connectivity index (χ1v) is 7.47. The van der Waals surface area contributed by atoms with Crippen LogP contribution < -0.4 is 9.47 Å². The Morgan fingerprint density at radius 2 is 2.04 bits per heavy atom. The lowest BCUT2D eigenvalue weighted by atomic mass is 10.1. The fraction of sp³-hybridized carbons (Fsp3) is 0.222. The molecule has 5 nitrogen and oxygen atoms in total. The number of aromatic nitrogens is 2. The van der Waals surface area contributed by atoms with E-state index >= 15 is 0 Å². The Morgan fingerprint density at radius 1 is 1.17 bits per heavy atom. The van der Waals surface area contributed by atoms with Gasteiger partial charge >= 0.3 is 0 Å². The molecule has 0 bridgehead atoms. The van der Waals surface area contributed by atoms with Crippen LogP contribution in [0, 0.1) is 0 Å². The average Bonchev–Trinajstić information content (AvgIpc) is 2.65. The summed E-state index contributed by atoms with van der Waals surface area (Å²) in [6.07, 6.45) is 0.604. The molecule has 0 aliphatic rings. The number of pyridine rings is 2. The minimum Gasteiger partial charge on any atom is -0.491 e. The Morgan fingerprint density at radius 3 is 2.75 bits per heavy atom. The fourth-order valence-corrected chi connectivity index (χ4v) is 2.24. The second kappa shape index (κ2) is 7.23. The summed E-state index contributed by atoms with van der Waals surface area (Å²) in [5, 5.41) is 10.1. The molecule has 0 radical (unpaired) electrons. The van der Waals surface area contributed by atoms with Crippen molar-refractivity contribution in [1.29, 1.82) is 0 Å². The quantitative estimate of drug-likeness (QED) is 0.753. The van der Waals surface area contributed by atoms with E-state index in [4.69, 9.17) is 9.47 Å². The lowest BCUT2D eigenvalue weighted by Crippen LogP contribution is -2.19. The van der Waals surface area contributed by atoms with E-state index in [0.29, 0.717) is 11.6 Å². The van der Waals surface area contributed by atoms with Crippen LogP contribution in [0.25, 0.3) is 22.2 Å². The molecular weight excluding hydrogens is 311 g/mol. The van der Waals surface area contributed by atoms with Gasteiger partial charge in [-0.3, -0.25) is 0 Å². The maximum absolute atomic E-state index is 12.2. The second-order valence-electron chi connectivity index (χ2n) is 5.26. The summed E-state index contributed by atoms with van der Waals surface area (Å²) in [5.74, 6) is 1.12. The smallest absolute Gasteiger partial charge is 0.212 e. The highest BCUT2D eigenvalue weighted by Crippen LogP contribution is 2.24. The second-order valence-corrected chi connectivity index (χ2v) is 5.26. The van der Waals surface area contributed by atoms with Crippen LogP contribution in [-0.4, -0.2) is 41.6 Å². The minimum absolute atomic E-state index is 0.0783. The monoisotopic (exact) mass is 328 g/mol. The van der Waals surface area contributed by atoms with E-state index < -0.39 is 12.8 Å². The number of hydrogen-bond donors (Lipinski definition) is 1. The molecular formula is C18H17FN2O3. The van der Waals surface area contributed by atoms with E-state index in [1.54, 1.807) is 25.4 Å². The van der Waals surface area contributed by atoms with Gasteiger partial charge < -0.3 is 14.6 Å². The number of hydrogen-bond acceptors (Lipinski definition) is 5. The summed E-state index contributed by atoms with van der Waals surface area (Å²) in [6, 6.07) is 12.9. The molecule has 0 amide bonds. The van der Waals surface area contributed by atoms with Crippen molar-refractivity contribution in [1.82, 2.24) is 9.97 Å². The van der Waals surface area contributed by atoms with Crippen molar-refractivity contribution in [3.63, 3.8) is 0 Å². The SMILES string of the molecule is COc1ccc(-c2ccc3cc(OCC(O)CF)ccc3n2)cn1. The Kier molecular flexibility index (Phi) is 4.86. The summed E-state index contributed by atoms with van der Waals surface area (Å²) in [4.78, 5) is 8.79. The summed E-state index contributed by atoms with van der Waals surface area (Å²) in [5.41, 5.74) is 2.50. The van der Waals surface area contributed by atoms with Gasteiger partial charge in [0, 0.05) is 23.2 Å². The molecule has 0 saturated carbocycles. The maximum Gasteiger partial charge on any atom is 0.212 e.